The van der Waals surface area contributed by atoms with Gasteiger partial charge in [-0.05, 0) is 19.1 Å². The molecule has 0 aromatic heterocycles. The average molecular weight is 258 g/mol. The van der Waals surface area contributed by atoms with Crippen LogP contribution in [0.4, 0.5) is 14.5 Å². The van der Waals surface area contributed by atoms with Crippen LogP contribution in [0, 0.1) is 0 Å². The summed E-state index contributed by atoms with van der Waals surface area (Å²) in [4.78, 5) is 11.0. The quantitative estimate of drug-likeness (QED) is 0.819. The molecule has 0 saturated carbocycles. The molecule has 4 nitrogen and oxygen atoms in total. The molecule has 6 heteroatoms. The van der Waals surface area contributed by atoms with Gasteiger partial charge in [0.25, 0.3) is 12.3 Å². The number of likely N-dealkylation sites (N-methyl/N-ethyl adjacent to an activating group) is 1. The molecule has 1 aromatic carbocycles. The van der Waals surface area contributed by atoms with E-state index in [-0.39, 0.29) is 12.5 Å². The molecule has 0 fully saturated rings. The Labute approximate surface area is 104 Å². The Bertz CT molecular complexity index is 399. The summed E-state index contributed by atoms with van der Waals surface area (Å²) in [6.45, 7) is 1.28. The molecule has 0 bridgehead atoms. The lowest BCUT2D eigenvalue weighted by Gasteiger charge is -2.15. The minimum Gasteiger partial charge on any atom is -0.484 e. The highest BCUT2D eigenvalue weighted by atomic mass is 19.3. The van der Waals surface area contributed by atoms with Crippen LogP contribution in [0.2, 0.25) is 0 Å². The van der Waals surface area contributed by atoms with Crippen LogP contribution in [0.5, 0.6) is 5.75 Å². The standard InChI is InChI=1S/C12H16F2N2O2/c1-8(12(13)14)16-9-4-3-5-10(6-9)18-7-11(17)15-2/h3-6,8,12,16H,7H2,1-2H3,(H,15,17). The maximum absolute atomic E-state index is 12.4. The molecule has 100 valence electrons. The summed E-state index contributed by atoms with van der Waals surface area (Å²) in [6.07, 6.45) is -2.44. The van der Waals surface area contributed by atoms with Gasteiger partial charge in [0, 0.05) is 18.8 Å². The van der Waals surface area contributed by atoms with E-state index < -0.39 is 12.5 Å². The molecule has 0 spiro atoms. The van der Waals surface area contributed by atoms with Crippen molar-refractivity contribution in [3.8, 4) is 5.75 Å². The minimum absolute atomic E-state index is 0.107. The Morgan fingerprint density at radius 1 is 1.44 bits per heavy atom. The zero-order valence-electron chi connectivity index (χ0n) is 10.2. The van der Waals surface area contributed by atoms with Crippen molar-refractivity contribution in [2.75, 3.05) is 19.0 Å². The Kier molecular flexibility index (Phi) is 5.35. The van der Waals surface area contributed by atoms with Crippen molar-refractivity contribution in [3.05, 3.63) is 24.3 Å². The Hall–Kier alpha value is -1.85. The summed E-state index contributed by atoms with van der Waals surface area (Å²) < 4.78 is 29.9. The third kappa shape index (κ3) is 4.57. The fourth-order valence-electron chi connectivity index (χ4n) is 1.22. The van der Waals surface area contributed by atoms with E-state index in [2.05, 4.69) is 10.6 Å². The molecule has 0 aliphatic carbocycles. The number of nitrogens with one attached hydrogen (secondary N) is 2. The number of alkyl halides is 2. The number of benzene rings is 1. The first-order chi connectivity index (χ1) is 8.52. The molecule has 0 radical (unpaired) electrons. The van der Waals surface area contributed by atoms with Crippen molar-refractivity contribution in [3.63, 3.8) is 0 Å². The van der Waals surface area contributed by atoms with Gasteiger partial charge in [-0.2, -0.15) is 0 Å². The van der Waals surface area contributed by atoms with Gasteiger partial charge in [0.15, 0.2) is 6.61 Å². The molecule has 2 N–H and O–H groups in total. The largest absolute Gasteiger partial charge is 0.484 e. The second kappa shape index (κ2) is 6.78. The molecular formula is C12H16F2N2O2. The molecule has 1 amide bonds. The van der Waals surface area contributed by atoms with E-state index in [1.54, 1.807) is 24.3 Å². The number of amides is 1. The van der Waals surface area contributed by atoms with Crippen LogP contribution in [-0.4, -0.2) is 32.0 Å². The van der Waals surface area contributed by atoms with Gasteiger partial charge in [0.2, 0.25) is 0 Å². The van der Waals surface area contributed by atoms with Crippen molar-refractivity contribution in [2.45, 2.75) is 19.4 Å². The van der Waals surface area contributed by atoms with Crippen molar-refractivity contribution < 1.29 is 18.3 Å². The highest BCUT2D eigenvalue weighted by Crippen LogP contribution is 2.19. The van der Waals surface area contributed by atoms with E-state index in [4.69, 9.17) is 4.74 Å². The van der Waals surface area contributed by atoms with E-state index in [0.29, 0.717) is 11.4 Å². The van der Waals surface area contributed by atoms with Gasteiger partial charge in [-0.25, -0.2) is 8.78 Å². The average Bonchev–Trinajstić information content (AvgIpc) is 2.36. The summed E-state index contributed by atoms with van der Waals surface area (Å²) in [5.41, 5.74) is 0.525. The molecular weight excluding hydrogens is 242 g/mol. The number of halogens is 2. The first kappa shape index (κ1) is 14.2. The van der Waals surface area contributed by atoms with Gasteiger partial charge in [-0.15, -0.1) is 0 Å². The van der Waals surface area contributed by atoms with Gasteiger partial charge in [-0.1, -0.05) is 6.07 Å². The number of carbonyl (C=O) groups is 1. The monoisotopic (exact) mass is 258 g/mol. The lowest BCUT2D eigenvalue weighted by molar-refractivity contribution is -0.122. The third-order valence-electron chi connectivity index (χ3n) is 2.26. The number of carbonyl (C=O) groups excluding carboxylic acids is 1. The molecule has 18 heavy (non-hydrogen) atoms. The van der Waals surface area contributed by atoms with Gasteiger partial charge >= 0.3 is 0 Å². The zero-order valence-corrected chi connectivity index (χ0v) is 10.2. The van der Waals surface area contributed by atoms with E-state index in [9.17, 15) is 13.6 Å². The Morgan fingerprint density at radius 3 is 2.78 bits per heavy atom. The van der Waals surface area contributed by atoms with E-state index in [0.717, 1.165) is 0 Å². The normalized spacial score (nSPS) is 12.1. The first-order valence-corrected chi connectivity index (χ1v) is 5.51. The van der Waals surface area contributed by atoms with Crippen LogP contribution in [-0.2, 0) is 4.79 Å². The number of anilines is 1. The second-order valence-corrected chi connectivity index (χ2v) is 3.76. The van der Waals surface area contributed by atoms with Crippen molar-refractivity contribution in [1.82, 2.24) is 5.32 Å². The minimum atomic E-state index is -2.44. The van der Waals surface area contributed by atoms with Crippen LogP contribution in [0.25, 0.3) is 0 Å². The molecule has 0 heterocycles. The number of hydrogen-bond donors (Lipinski definition) is 2. The van der Waals surface area contributed by atoms with Gasteiger partial charge in [0.1, 0.15) is 5.75 Å². The van der Waals surface area contributed by atoms with E-state index in [1.165, 1.54) is 14.0 Å². The SMILES string of the molecule is CNC(=O)COc1cccc(NC(C)C(F)F)c1. The zero-order chi connectivity index (χ0) is 13.5. The molecule has 0 saturated heterocycles. The second-order valence-electron chi connectivity index (χ2n) is 3.76. The van der Waals surface area contributed by atoms with Crippen LogP contribution < -0.4 is 15.4 Å². The number of hydrogen-bond acceptors (Lipinski definition) is 3. The van der Waals surface area contributed by atoms with Gasteiger partial charge < -0.3 is 15.4 Å². The predicted molar refractivity (Wildman–Crippen MR) is 65.1 cm³/mol. The van der Waals surface area contributed by atoms with E-state index >= 15 is 0 Å². The number of ether oxygens (including phenoxy) is 1. The van der Waals surface area contributed by atoms with Crippen LogP contribution >= 0.6 is 0 Å². The summed E-state index contributed by atoms with van der Waals surface area (Å²) in [7, 11) is 1.51. The maximum Gasteiger partial charge on any atom is 0.258 e. The fourth-order valence-corrected chi connectivity index (χ4v) is 1.22. The molecule has 1 atom stereocenters. The summed E-state index contributed by atoms with van der Waals surface area (Å²) in [6, 6.07) is 5.60. The first-order valence-electron chi connectivity index (χ1n) is 5.51. The molecule has 1 rings (SSSR count). The van der Waals surface area contributed by atoms with Gasteiger partial charge in [-0.3, -0.25) is 4.79 Å². The van der Waals surface area contributed by atoms with Crippen molar-refractivity contribution >= 4 is 11.6 Å². The predicted octanol–water partition coefficient (Wildman–Crippen LogP) is 1.88. The highest BCUT2D eigenvalue weighted by molar-refractivity contribution is 5.77. The smallest absolute Gasteiger partial charge is 0.258 e. The number of rotatable bonds is 6. The van der Waals surface area contributed by atoms with E-state index in [1.807, 2.05) is 0 Å². The van der Waals surface area contributed by atoms with Crippen LogP contribution in [0.3, 0.4) is 0 Å². The highest BCUT2D eigenvalue weighted by Gasteiger charge is 2.13. The third-order valence-corrected chi connectivity index (χ3v) is 2.26. The Balaban J connectivity index is 2.59. The molecule has 1 unspecified atom stereocenters. The molecule has 0 aliphatic heterocycles. The summed E-state index contributed by atoms with van der Waals surface area (Å²) >= 11 is 0. The Morgan fingerprint density at radius 2 is 2.17 bits per heavy atom. The van der Waals surface area contributed by atoms with Crippen molar-refractivity contribution in [1.29, 1.82) is 0 Å². The van der Waals surface area contributed by atoms with Crippen LogP contribution in [0.1, 0.15) is 6.92 Å². The topological polar surface area (TPSA) is 50.4 Å². The molecule has 0 aliphatic rings. The maximum atomic E-state index is 12.4. The van der Waals surface area contributed by atoms with Gasteiger partial charge in [0.05, 0.1) is 6.04 Å². The summed E-state index contributed by atoms with van der Waals surface area (Å²) in [5, 5.41) is 5.07. The summed E-state index contributed by atoms with van der Waals surface area (Å²) in [5.74, 6) is 0.194. The van der Waals surface area contributed by atoms with Crippen LogP contribution in [0.15, 0.2) is 24.3 Å². The molecule has 1 aromatic rings. The lowest BCUT2D eigenvalue weighted by atomic mass is 10.2. The fraction of sp³-hybridized carbons (Fsp3) is 0.417. The van der Waals surface area contributed by atoms with Crippen molar-refractivity contribution in [2.24, 2.45) is 0 Å². The lowest BCUT2D eigenvalue weighted by Crippen LogP contribution is -2.25.